The molecule has 1 saturated heterocycles. The van der Waals surface area contributed by atoms with Gasteiger partial charge in [-0.3, -0.25) is 13.9 Å². The van der Waals surface area contributed by atoms with Gasteiger partial charge in [-0.2, -0.15) is 0 Å². The quantitative estimate of drug-likeness (QED) is 0.451. The van der Waals surface area contributed by atoms with Crippen LogP contribution in [0.15, 0.2) is 77.7 Å². The van der Waals surface area contributed by atoms with Crippen LogP contribution in [-0.2, 0) is 32.7 Å². The van der Waals surface area contributed by atoms with Gasteiger partial charge in [0.2, 0.25) is 11.8 Å². The van der Waals surface area contributed by atoms with Crippen molar-refractivity contribution in [2.45, 2.75) is 37.8 Å². The van der Waals surface area contributed by atoms with Gasteiger partial charge in [-0.15, -0.1) is 0 Å². The van der Waals surface area contributed by atoms with Crippen molar-refractivity contribution in [3.8, 4) is 0 Å². The van der Waals surface area contributed by atoms with E-state index in [9.17, 15) is 18.0 Å². The number of carbonyl (C=O) groups excluding carboxylic acids is 2. The van der Waals surface area contributed by atoms with E-state index in [-0.39, 0.29) is 23.9 Å². The molecule has 0 aliphatic carbocycles. The van der Waals surface area contributed by atoms with E-state index in [0.717, 1.165) is 34.0 Å². The molecule has 7 nitrogen and oxygen atoms in total. The van der Waals surface area contributed by atoms with Gasteiger partial charge in [-0.1, -0.05) is 48.0 Å². The highest BCUT2D eigenvalue weighted by atomic mass is 35.5. The van der Waals surface area contributed by atoms with E-state index >= 15 is 0 Å². The fourth-order valence-corrected chi connectivity index (χ4v) is 5.71. The van der Waals surface area contributed by atoms with E-state index in [1.54, 1.807) is 18.2 Å². The fraction of sp³-hybridized carbons (Fsp3) is 0.259. The maximum atomic E-state index is 13.5. The minimum absolute atomic E-state index is 0.0434. The van der Waals surface area contributed by atoms with Crippen molar-refractivity contribution in [1.82, 2.24) is 10.2 Å². The first-order valence-corrected chi connectivity index (χ1v) is 13.5. The molecule has 3 aromatic rings. The molecule has 1 fully saturated rings. The number of hydrogen-bond donors (Lipinski definition) is 1. The third-order valence-corrected chi connectivity index (χ3v) is 8.15. The molecule has 0 spiro atoms. The number of amides is 2. The van der Waals surface area contributed by atoms with E-state index in [2.05, 4.69) is 5.32 Å². The van der Waals surface area contributed by atoms with Crippen LogP contribution in [0.3, 0.4) is 0 Å². The zero-order chi connectivity index (χ0) is 25.7. The van der Waals surface area contributed by atoms with Crippen LogP contribution in [0.5, 0.6) is 0 Å². The lowest BCUT2D eigenvalue weighted by atomic mass is 10.1. The zero-order valence-corrected chi connectivity index (χ0v) is 21.6. The highest BCUT2D eigenvalue weighted by Crippen LogP contribution is 2.25. The molecule has 1 aliphatic heterocycles. The lowest BCUT2D eigenvalue weighted by Crippen LogP contribution is -2.40. The zero-order valence-electron chi connectivity index (χ0n) is 20.0. The average molecular weight is 526 g/mol. The number of sulfonamides is 1. The number of nitrogens with one attached hydrogen (secondary N) is 1. The van der Waals surface area contributed by atoms with E-state index in [1.807, 2.05) is 42.2 Å². The summed E-state index contributed by atoms with van der Waals surface area (Å²) in [5, 5.41) is 3.27. The molecule has 1 N–H and O–H groups in total. The Labute approximate surface area is 216 Å². The van der Waals surface area contributed by atoms with Crippen LogP contribution in [0.2, 0.25) is 5.02 Å². The second-order valence-corrected chi connectivity index (χ2v) is 11.1. The molecule has 4 rings (SSSR count). The van der Waals surface area contributed by atoms with Crippen LogP contribution >= 0.6 is 11.6 Å². The average Bonchev–Trinajstić information content (AvgIpc) is 3.26. The number of anilines is 1. The molecule has 9 heteroatoms. The maximum Gasteiger partial charge on any atom is 0.264 e. The Bertz CT molecular complexity index is 1360. The predicted molar refractivity (Wildman–Crippen MR) is 140 cm³/mol. The number of hydrogen-bond acceptors (Lipinski definition) is 4. The molecule has 0 aromatic heterocycles. The number of likely N-dealkylation sites (tertiary alicyclic amines) is 1. The minimum Gasteiger partial charge on any atom is -0.350 e. The van der Waals surface area contributed by atoms with Gasteiger partial charge in [0.05, 0.1) is 10.6 Å². The van der Waals surface area contributed by atoms with Crippen molar-refractivity contribution < 1.29 is 18.0 Å². The molecular weight excluding hydrogens is 498 g/mol. The van der Waals surface area contributed by atoms with Gasteiger partial charge >= 0.3 is 0 Å². The summed E-state index contributed by atoms with van der Waals surface area (Å²) in [7, 11) is -4.03. The molecule has 0 radical (unpaired) electrons. The first-order valence-electron chi connectivity index (χ1n) is 11.7. The molecule has 0 bridgehead atoms. The topological polar surface area (TPSA) is 86.8 Å². The Morgan fingerprint density at radius 1 is 1.03 bits per heavy atom. The normalized spacial score (nSPS) is 13.6. The summed E-state index contributed by atoms with van der Waals surface area (Å²) in [6, 6.07) is 20.5. The fourth-order valence-electron chi connectivity index (χ4n) is 4.17. The lowest BCUT2D eigenvalue weighted by molar-refractivity contribution is -0.128. The standard InChI is InChI=1S/C27H28ClN3O4S/c1-20-6-4-9-24(16-20)31(36(34,35)25-13-11-23(28)12-14-25)19-26(32)29-17-21-7-2-3-8-22(21)18-30-15-5-10-27(30)33/h2-4,6-9,11-14,16H,5,10,15,17-19H2,1H3,(H,29,32). The largest absolute Gasteiger partial charge is 0.350 e. The Kier molecular flexibility index (Phi) is 7.96. The Morgan fingerprint density at radius 3 is 2.42 bits per heavy atom. The Balaban J connectivity index is 1.52. The second kappa shape index (κ2) is 11.1. The number of nitrogens with zero attached hydrogens (tertiary/aromatic N) is 2. The smallest absolute Gasteiger partial charge is 0.264 e. The van der Waals surface area contributed by atoms with Gasteiger partial charge in [0.1, 0.15) is 6.54 Å². The van der Waals surface area contributed by atoms with Crippen LogP contribution in [0.25, 0.3) is 0 Å². The van der Waals surface area contributed by atoms with E-state index in [1.165, 1.54) is 24.3 Å². The number of rotatable bonds is 9. The lowest BCUT2D eigenvalue weighted by Gasteiger charge is -2.24. The maximum absolute atomic E-state index is 13.5. The van der Waals surface area contributed by atoms with Crippen molar-refractivity contribution in [1.29, 1.82) is 0 Å². The number of carbonyl (C=O) groups is 2. The molecule has 1 aliphatic rings. The summed E-state index contributed by atoms with van der Waals surface area (Å²) in [4.78, 5) is 26.9. The molecule has 188 valence electrons. The highest BCUT2D eigenvalue weighted by molar-refractivity contribution is 7.92. The summed E-state index contributed by atoms with van der Waals surface area (Å²) >= 11 is 5.94. The predicted octanol–water partition coefficient (Wildman–Crippen LogP) is 4.28. The van der Waals surface area contributed by atoms with Crippen molar-refractivity contribution in [3.63, 3.8) is 0 Å². The van der Waals surface area contributed by atoms with Gasteiger partial charge < -0.3 is 10.2 Å². The van der Waals surface area contributed by atoms with Crippen LogP contribution in [0.1, 0.15) is 29.5 Å². The number of benzene rings is 3. The molecule has 3 aromatic carbocycles. The van der Waals surface area contributed by atoms with Gasteiger partial charge in [-0.05, 0) is 66.4 Å². The molecule has 0 atom stereocenters. The summed E-state index contributed by atoms with van der Waals surface area (Å²) in [5.41, 5.74) is 3.10. The van der Waals surface area contributed by atoms with Crippen LogP contribution in [0.4, 0.5) is 5.69 Å². The van der Waals surface area contributed by atoms with E-state index < -0.39 is 15.9 Å². The summed E-state index contributed by atoms with van der Waals surface area (Å²) in [5.74, 6) is -0.309. The summed E-state index contributed by atoms with van der Waals surface area (Å²) < 4.78 is 28.1. The third-order valence-electron chi connectivity index (χ3n) is 6.11. The van der Waals surface area contributed by atoms with Gasteiger partial charge in [-0.25, -0.2) is 8.42 Å². The Hall–Kier alpha value is -3.36. The second-order valence-electron chi connectivity index (χ2n) is 8.77. The van der Waals surface area contributed by atoms with Gasteiger partial charge in [0, 0.05) is 31.1 Å². The van der Waals surface area contributed by atoms with Gasteiger partial charge in [0.15, 0.2) is 0 Å². The molecule has 0 saturated carbocycles. The minimum atomic E-state index is -4.03. The molecule has 0 unspecified atom stereocenters. The highest BCUT2D eigenvalue weighted by Gasteiger charge is 2.27. The van der Waals surface area contributed by atoms with E-state index in [0.29, 0.717) is 23.7 Å². The van der Waals surface area contributed by atoms with Crippen LogP contribution in [-0.4, -0.2) is 38.2 Å². The van der Waals surface area contributed by atoms with Gasteiger partial charge in [0.25, 0.3) is 10.0 Å². The molecule has 36 heavy (non-hydrogen) atoms. The number of aryl methyl sites for hydroxylation is 1. The van der Waals surface area contributed by atoms with Crippen molar-refractivity contribution in [2.24, 2.45) is 0 Å². The van der Waals surface area contributed by atoms with Crippen molar-refractivity contribution in [3.05, 3.63) is 94.5 Å². The third kappa shape index (κ3) is 6.06. The van der Waals surface area contributed by atoms with Crippen LogP contribution < -0.4 is 9.62 Å². The number of halogens is 1. The van der Waals surface area contributed by atoms with E-state index in [4.69, 9.17) is 11.6 Å². The Morgan fingerprint density at radius 2 is 1.75 bits per heavy atom. The molecule has 2 amide bonds. The summed E-state index contributed by atoms with van der Waals surface area (Å²) in [6.07, 6.45) is 1.42. The van der Waals surface area contributed by atoms with Crippen molar-refractivity contribution in [2.75, 3.05) is 17.4 Å². The first kappa shape index (κ1) is 25.7. The van der Waals surface area contributed by atoms with Crippen molar-refractivity contribution >= 4 is 39.1 Å². The summed E-state index contributed by atoms with van der Waals surface area (Å²) in [6.45, 7) is 2.92. The molecular formula is C27H28ClN3O4S. The van der Waals surface area contributed by atoms with Crippen LogP contribution in [0, 0.1) is 6.92 Å². The first-order chi connectivity index (χ1) is 17.2. The SMILES string of the molecule is Cc1cccc(N(CC(=O)NCc2ccccc2CN2CCCC2=O)S(=O)(=O)c2ccc(Cl)cc2)c1. The molecule has 1 heterocycles. The monoisotopic (exact) mass is 525 g/mol.